The molecule has 0 spiro atoms. The number of rotatable bonds is 3. The van der Waals surface area contributed by atoms with Crippen molar-refractivity contribution in [3.05, 3.63) is 65.2 Å². The molecule has 4 heteroatoms. The second-order valence-electron chi connectivity index (χ2n) is 4.05. The lowest BCUT2D eigenvalue weighted by Gasteiger charge is -2.12. The quantitative estimate of drug-likeness (QED) is 0.879. The maximum absolute atomic E-state index is 13.4. The Labute approximate surface area is 103 Å². The molecule has 94 valence electrons. The van der Waals surface area contributed by atoms with Gasteiger partial charge in [-0.2, -0.15) is 0 Å². The molecule has 0 aliphatic heterocycles. The van der Waals surface area contributed by atoms with Crippen LogP contribution in [0.5, 0.6) is 5.75 Å². The Kier molecular flexibility index (Phi) is 3.58. The molecule has 2 aromatic carbocycles. The minimum Gasteiger partial charge on any atom is -0.508 e. The van der Waals surface area contributed by atoms with Crippen LogP contribution in [0.25, 0.3) is 0 Å². The van der Waals surface area contributed by atoms with Crippen molar-refractivity contribution in [2.45, 2.75) is 12.5 Å². The van der Waals surface area contributed by atoms with Gasteiger partial charge in [-0.3, -0.25) is 0 Å². The van der Waals surface area contributed by atoms with Crippen molar-refractivity contribution in [2.75, 3.05) is 0 Å². The maximum Gasteiger partial charge on any atom is 0.131 e. The van der Waals surface area contributed by atoms with E-state index in [0.717, 1.165) is 17.7 Å². The summed E-state index contributed by atoms with van der Waals surface area (Å²) in [6.45, 7) is 0. The molecule has 2 rings (SSSR count). The highest BCUT2D eigenvalue weighted by molar-refractivity contribution is 5.28. The monoisotopic (exact) mass is 250 g/mol. The van der Waals surface area contributed by atoms with Gasteiger partial charge in [0.05, 0.1) is 6.10 Å². The molecule has 0 aliphatic rings. The van der Waals surface area contributed by atoms with Crippen LogP contribution in [-0.2, 0) is 6.42 Å². The van der Waals surface area contributed by atoms with Crippen molar-refractivity contribution < 1.29 is 19.0 Å². The molecular weight excluding hydrogens is 238 g/mol. The van der Waals surface area contributed by atoms with E-state index in [0.29, 0.717) is 0 Å². The highest BCUT2D eigenvalue weighted by Gasteiger charge is 2.14. The summed E-state index contributed by atoms with van der Waals surface area (Å²) in [7, 11) is 0. The number of halogens is 2. The van der Waals surface area contributed by atoms with Crippen molar-refractivity contribution in [3.8, 4) is 5.75 Å². The average Bonchev–Trinajstić information content (AvgIpc) is 2.32. The third-order valence-electron chi connectivity index (χ3n) is 2.69. The normalized spacial score (nSPS) is 12.4. The largest absolute Gasteiger partial charge is 0.508 e. The first-order chi connectivity index (χ1) is 8.56. The highest BCUT2D eigenvalue weighted by Crippen LogP contribution is 2.22. The van der Waals surface area contributed by atoms with E-state index in [1.807, 2.05) is 0 Å². The van der Waals surface area contributed by atoms with Crippen LogP contribution in [0.3, 0.4) is 0 Å². The molecule has 0 saturated heterocycles. The van der Waals surface area contributed by atoms with Crippen molar-refractivity contribution in [3.63, 3.8) is 0 Å². The fourth-order valence-electron chi connectivity index (χ4n) is 1.74. The number of aliphatic hydroxyl groups is 1. The van der Waals surface area contributed by atoms with Gasteiger partial charge in [-0.15, -0.1) is 0 Å². The molecular formula is C14H12F2O2. The lowest BCUT2D eigenvalue weighted by molar-refractivity contribution is 0.173. The first kappa shape index (κ1) is 12.5. The summed E-state index contributed by atoms with van der Waals surface area (Å²) in [6, 6.07) is 9.34. The lowest BCUT2D eigenvalue weighted by atomic mass is 10.0. The van der Waals surface area contributed by atoms with Gasteiger partial charge in [-0.1, -0.05) is 18.2 Å². The van der Waals surface area contributed by atoms with Crippen LogP contribution in [0.2, 0.25) is 0 Å². The topological polar surface area (TPSA) is 40.5 Å². The van der Waals surface area contributed by atoms with E-state index in [1.165, 1.54) is 18.2 Å². The molecule has 0 aromatic heterocycles. The number of benzene rings is 2. The summed E-state index contributed by atoms with van der Waals surface area (Å²) in [5.74, 6) is -1.31. The van der Waals surface area contributed by atoms with E-state index in [-0.39, 0.29) is 17.7 Å². The van der Waals surface area contributed by atoms with Crippen LogP contribution in [0, 0.1) is 11.6 Å². The Hall–Kier alpha value is -1.94. The summed E-state index contributed by atoms with van der Waals surface area (Å²) in [6.07, 6.45) is -0.849. The molecule has 0 bridgehead atoms. The van der Waals surface area contributed by atoms with Crippen LogP contribution in [0.15, 0.2) is 42.5 Å². The summed E-state index contributed by atoms with van der Waals surface area (Å²) in [4.78, 5) is 0. The molecule has 0 saturated carbocycles. The van der Waals surface area contributed by atoms with Gasteiger partial charge in [-0.25, -0.2) is 8.78 Å². The third kappa shape index (κ3) is 2.84. The van der Waals surface area contributed by atoms with Gasteiger partial charge in [0, 0.05) is 18.1 Å². The van der Waals surface area contributed by atoms with E-state index >= 15 is 0 Å². The average molecular weight is 250 g/mol. The van der Waals surface area contributed by atoms with Crippen LogP contribution in [-0.4, -0.2) is 10.2 Å². The van der Waals surface area contributed by atoms with Crippen LogP contribution in [0.4, 0.5) is 8.78 Å². The lowest BCUT2D eigenvalue weighted by Crippen LogP contribution is -2.04. The molecule has 1 unspecified atom stereocenters. The maximum atomic E-state index is 13.4. The molecule has 2 nitrogen and oxygen atoms in total. The SMILES string of the molecule is Oc1ccc(CC(O)c2ccc(F)cc2F)cc1. The van der Waals surface area contributed by atoms with Gasteiger partial charge in [0.15, 0.2) is 0 Å². The number of hydrogen-bond donors (Lipinski definition) is 2. The first-order valence-corrected chi connectivity index (χ1v) is 5.47. The molecule has 0 aliphatic carbocycles. The molecule has 0 heterocycles. The van der Waals surface area contributed by atoms with Crippen molar-refractivity contribution in [1.29, 1.82) is 0 Å². The molecule has 0 amide bonds. The molecule has 0 fully saturated rings. The van der Waals surface area contributed by atoms with Crippen LogP contribution >= 0.6 is 0 Å². The molecule has 1 atom stereocenters. The second-order valence-corrected chi connectivity index (χ2v) is 4.05. The zero-order valence-corrected chi connectivity index (χ0v) is 9.48. The molecule has 0 radical (unpaired) electrons. The van der Waals surface area contributed by atoms with E-state index < -0.39 is 17.7 Å². The number of phenols is 1. The predicted octanol–water partition coefficient (Wildman–Crippen LogP) is 2.95. The minimum absolute atomic E-state index is 0.0597. The summed E-state index contributed by atoms with van der Waals surface area (Å²) < 4.78 is 26.2. The van der Waals surface area contributed by atoms with Gasteiger partial charge < -0.3 is 10.2 Å². The summed E-state index contributed by atoms with van der Waals surface area (Å²) in [5.41, 5.74) is 0.813. The smallest absolute Gasteiger partial charge is 0.131 e. The Morgan fingerprint density at radius 2 is 1.67 bits per heavy atom. The fourth-order valence-corrected chi connectivity index (χ4v) is 1.74. The van der Waals surface area contributed by atoms with Crippen molar-refractivity contribution >= 4 is 0 Å². The van der Waals surface area contributed by atoms with E-state index in [1.54, 1.807) is 12.1 Å². The standard InChI is InChI=1S/C14H12F2O2/c15-10-3-6-12(13(16)8-10)14(18)7-9-1-4-11(17)5-2-9/h1-6,8,14,17-18H,7H2. The fraction of sp³-hybridized carbons (Fsp3) is 0.143. The minimum atomic E-state index is -1.05. The van der Waals surface area contributed by atoms with Gasteiger partial charge in [-0.05, 0) is 23.8 Å². The number of hydrogen-bond acceptors (Lipinski definition) is 2. The second kappa shape index (κ2) is 5.14. The third-order valence-corrected chi connectivity index (χ3v) is 2.69. The van der Waals surface area contributed by atoms with Crippen LogP contribution in [0.1, 0.15) is 17.2 Å². The van der Waals surface area contributed by atoms with Gasteiger partial charge in [0.25, 0.3) is 0 Å². The van der Waals surface area contributed by atoms with Gasteiger partial charge >= 0.3 is 0 Å². The Bertz CT molecular complexity index is 538. The first-order valence-electron chi connectivity index (χ1n) is 5.47. The van der Waals surface area contributed by atoms with Gasteiger partial charge in [0.1, 0.15) is 17.4 Å². The number of aromatic hydroxyl groups is 1. The zero-order chi connectivity index (χ0) is 13.1. The van der Waals surface area contributed by atoms with Crippen LogP contribution < -0.4 is 0 Å². The predicted molar refractivity (Wildman–Crippen MR) is 63.1 cm³/mol. The zero-order valence-electron chi connectivity index (χ0n) is 9.48. The highest BCUT2D eigenvalue weighted by atomic mass is 19.1. The van der Waals surface area contributed by atoms with Crippen molar-refractivity contribution in [2.24, 2.45) is 0 Å². The molecule has 2 aromatic rings. The summed E-state index contributed by atoms with van der Waals surface area (Å²) in [5, 5.41) is 19.0. The Morgan fingerprint density at radius 1 is 1.00 bits per heavy atom. The Balaban J connectivity index is 2.16. The molecule has 2 N–H and O–H groups in total. The van der Waals surface area contributed by atoms with E-state index in [9.17, 15) is 13.9 Å². The summed E-state index contributed by atoms with van der Waals surface area (Å²) >= 11 is 0. The van der Waals surface area contributed by atoms with E-state index in [4.69, 9.17) is 5.11 Å². The van der Waals surface area contributed by atoms with E-state index in [2.05, 4.69) is 0 Å². The number of phenolic OH excluding ortho intramolecular Hbond substituents is 1. The van der Waals surface area contributed by atoms with Crippen molar-refractivity contribution in [1.82, 2.24) is 0 Å². The Morgan fingerprint density at radius 3 is 2.28 bits per heavy atom. The molecule has 18 heavy (non-hydrogen) atoms. The number of aliphatic hydroxyl groups excluding tert-OH is 1. The van der Waals surface area contributed by atoms with Gasteiger partial charge in [0.2, 0.25) is 0 Å².